The number of likely N-dealkylation sites (tertiary alicyclic amines) is 1. The molecule has 1 aliphatic rings. The highest BCUT2D eigenvalue weighted by molar-refractivity contribution is 5.93. The maximum atomic E-state index is 12.6. The van der Waals surface area contributed by atoms with Gasteiger partial charge in [-0.1, -0.05) is 29.8 Å². The number of phenolic OH excluding ortho intramolecular Hbond substituents is 1. The zero-order valence-corrected chi connectivity index (χ0v) is 18.8. The van der Waals surface area contributed by atoms with Gasteiger partial charge in [-0.2, -0.15) is 18.3 Å². The second-order valence-electron chi connectivity index (χ2n) is 8.20. The summed E-state index contributed by atoms with van der Waals surface area (Å²) < 4.78 is 31.7. The van der Waals surface area contributed by atoms with E-state index < -0.39 is 12.1 Å². The fourth-order valence-corrected chi connectivity index (χ4v) is 3.53. The molecule has 1 aliphatic heterocycles. The third-order valence-electron chi connectivity index (χ3n) is 5.36. The normalized spacial score (nSPS) is 15.8. The number of benzene rings is 2. The number of aromatic hydroxyl groups is 1. The Bertz CT molecular complexity index is 1140. The number of nitrogens with zero attached hydrogens (tertiary/aromatic N) is 2. The number of hydrogen-bond donors (Lipinski definition) is 4. The zero-order chi connectivity index (χ0) is 25.6. The molecule has 1 amide bonds. The molecule has 2 heterocycles. The largest absolute Gasteiger partial charge is 0.508 e. The number of hydrogen-bond acceptors (Lipinski definition) is 5. The van der Waals surface area contributed by atoms with E-state index in [1.807, 2.05) is 0 Å². The average Bonchev–Trinajstić information content (AvgIpc) is 3.46. The summed E-state index contributed by atoms with van der Waals surface area (Å²) in [6, 6.07) is 17.2. The van der Waals surface area contributed by atoms with Crippen molar-refractivity contribution in [3.05, 3.63) is 71.4 Å². The lowest BCUT2D eigenvalue weighted by atomic mass is 10.1. The zero-order valence-electron chi connectivity index (χ0n) is 18.8. The predicted molar refractivity (Wildman–Crippen MR) is 122 cm³/mol. The third-order valence-corrected chi connectivity index (χ3v) is 5.36. The van der Waals surface area contributed by atoms with E-state index in [0.717, 1.165) is 31.6 Å². The van der Waals surface area contributed by atoms with Crippen LogP contribution in [0.5, 0.6) is 5.75 Å². The van der Waals surface area contributed by atoms with Crippen LogP contribution in [0.2, 0.25) is 0 Å². The van der Waals surface area contributed by atoms with Crippen molar-refractivity contribution in [2.45, 2.75) is 32.1 Å². The van der Waals surface area contributed by atoms with Crippen molar-refractivity contribution in [3.63, 3.8) is 0 Å². The smallest absolute Gasteiger partial charge is 0.490 e. The predicted octanol–water partition coefficient (Wildman–Crippen LogP) is 3.73. The molecule has 1 atom stereocenters. The molecule has 0 saturated carbocycles. The quantitative estimate of drug-likeness (QED) is 0.433. The van der Waals surface area contributed by atoms with Crippen LogP contribution < -0.4 is 5.32 Å². The molecule has 3 aromatic rings. The lowest BCUT2D eigenvalue weighted by Gasteiger charge is -2.16. The Morgan fingerprint density at radius 3 is 2.37 bits per heavy atom. The summed E-state index contributed by atoms with van der Waals surface area (Å²) in [4.78, 5) is 23.8. The molecule has 0 spiro atoms. The number of carboxylic acid groups (broad SMARTS) is 1. The monoisotopic (exact) mass is 490 g/mol. The Hall–Kier alpha value is -3.86. The number of rotatable bonds is 5. The van der Waals surface area contributed by atoms with Crippen molar-refractivity contribution in [2.24, 2.45) is 0 Å². The number of nitrogens with one attached hydrogen (secondary N) is 2. The highest BCUT2D eigenvalue weighted by atomic mass is 19.4. The van der Waals surface area contributed by atoms with Crippen LogP contribution in [0, 0.1) is 6.92 Å². The summed E-state index contributed by atoms with van der Waals surface area (Å²) in [5.41, 5.74) is 4.53. The van der Waals surface area contributed by atoms with Gasteiger partial charge in [0, 0.05) is 31.2 Å². The minimum atomic E-state index is -5.08. The van der Waals surface area contributed by atoms with Gasteiger partial charge in [0.2, 0.25) is 0 Å². The van der Waals surface area contributed by atoms with Gasteiger partial charge in [-0.3, -0.25) is 14.8 Å². The van der Waals surface area contributed by atoms with Crippen LogP contribution in [-0.2, 0) is 11.3 Å². The number of carbonyl (C=O) groups is 2. The number of carbonyl (C=O) groups excluding carboxylic acids is 1. The van der Waals surface area contributed by atoms with Gasteiger partial charge < -0.3 is 15.5 Å². The number of phenols is 1. The number of halogens is 3. The van der Waals surface area contributed by atoms with E-state index in [1.54, 1.807) is 30.3 Å². The molecule has 0 aliphatic carbocycles. The van der Waals surface area contributed by atoms with Crippen molar-refractivity contribution in [2.75, 3.05) is 13.1 Å². The van der Waals surface area contributed by atoms with Gasteiger partial charge >= 0.3 is 12.1 Å². The molecule has 8 nitrogen and oxygen atoms in total. The van der Waals surface area contributed by atoms with E-state index in [-0.39, 0.29) is 17.7 Å². The Balaban J connectivity index is 0.000000429. The lowest BCUT2D eigenvalue weighted by Crippen LogP contribution is -2.37. The van der Waals surface area contributed by atoms with Crippen LogP contribution in [0.1, 0.15) is 28.0 Å². The van der Waals surface area contributed by atoms with Crippen LogP contribution in [0.3, 0.4) is 0 Å². The first-order valence-corrected chi connectivity index (χ1v) is 10.7. The SMILES string of the molecule is Cc1ccc(CN2CCC(NC(=O)c3cc(-c4ccc(O)cc4)n[nH]3)C2)cc1.O=C(O)C(F)(F)F. The van der Waals surface area contributed by atoms with Crippen LogP contribution in [0.25, 0.3) is 11.3 Å². The fraction of sp³-hybridized carbons (Fsp3) is 0.292. The molecule has 1 unspecified atom stereocenters. The summed E-state index contributed by atoms with van der Waals surface area (Å²) in [5, 5.41) is 26.6. The van der Waals surface area contributed by atoms with Gasteiger partial charge in [0.25, 0.3) is 5.91 Å². The van der Waals surface area contributed by atoms with Gasteiger partial charge in [-0.05, 0) is 49.2 Å². The number of aryl methyl sites for hydroxylation is 1. The Morgan fingerprint density at radius 1 is 1.14 bits per heavy atom. The minimum absolute atomic E-state index is 0.137. The first-order chi connectivity index (χ1) is 16.5. The molecule has 0 bridgehead atoms. The summed E-state index contributed by atoms with van der Waals surface area (Å²) in [6.07, 6.45) is -4.14. The van der Waals surface area contributed by atoms with Crippen LogP contribution >= 0.6 is 0 Å². The number of aromatic amines is 1. The molecule has 4 rings (SSSR count). The van der Waals surface area contributed by atoms with Crippen molar-refractivity contribution in [1.82, 2.24) is 20.4 Å². The van der Waals surface area contributed by atoms with Gasteiger partial charge in [0.15, 0.2) is 0 Å². The van der Waals surface area contributed by atoms with E-state index in [1.165, 1.54) is 11.1 Å². The fourth-order valence-electron chi connectivity index (χ4n) is 3.53. The third kappa shape index (κ3) is 7.57. The number of alkyl halides is 3. The topological polar surface area (TPSA) is 119 Å². The Kier molecular flexibility index (Phi) is 8.13. The molecule has 2 aromatic carbocycles. The first kappa shape index (κ1) is 25.8. The van der Waals surface area contributed by atoms with Gasteiger partial charge in [0.1, 0.15) is 11.4 Å². The number of H-pyrrole nitrogens is 1. The van der Waals surface area contributed by atoms with Gasteiger partial charge in [-0.25, -0.2) is 4.79 Å². The molecule has 1 aromatic heterocycles. The van der Waals surface area contributed by atoms with Crippen molar-refractivity contribution in [1.29, 1.82) is 0 Å². The van der Waals surface area contributed by atoms with Gasteiger partial charge in [0.05, 0.1) is 5.69 Å². The molecular weight excluding hydrogens is 465 g/mol. The first-order valence-electron chi connectivity index (χ1n) is 10.7. The number of amides is 1. The van der Waals surface area contributed by atoms with E-state index in [0.29, 0.717) is 11.4 Å². The lowest BCUT2D eigenvalue weighted by molar-refractivity contribution is -0.192. The summed E-state index contributed by atoms with van der Waals surface area (Å²) in [6.45, 7) is 4.81. The molecule has 35 heavy (non-hydrogen) atoms. The Labute approximate surface area is 199 Å². The summed E-state index contributed by atoms with van der Waals surface area (Å²) in [7, 11) is 0. The molecule has 1 saturated heterocycles. The second-order valence-corrected chi connectivity index (χ2v) is 8.20. The van der Waals surface area contributed by atoms with Crippen LogP contribution in [-0.4, -0.2) is 62.5 Å². The van der Waals surface area contributed by atoms with Gasteiger partial charge in [-0.15, -0.1) is 0 Å². The minimum Gasteiger partial charge on any atom is -0.508 e. The van der Waals surface area contributed by atoms with E-state index in [2.05, 4.69) is 51.6 Å². The Morgan fingerprint density at radius 2 is 1.77 bits per heavy atom. The molecule has 1 fully saturated rings. The van der Waals surface area contributed by atoms with Crippen LogP contribution in [0.15, 0.2) is 54.6 Å². The maximum absolute atomic E-state index is 12.6. The highest BCUT2D eigenvalue weighted by Crippen LogP contribution is 2.21. The number of aliphatic carboxylic acids is 1. The molecule has 186 valence electrons. The number of aromatic nitrogens is 2. The van der Waals surface area contributed by atoms with E-state index in [4.69, 9.17) is 9.90 Å². The molecule has 0 radical (unpaired) electrons. The number of carboxylic acids is 1. The van der Waals surface area contributed by atoms with E-state index >= 15 is 0 Å². The van der Waals surface area contributed by atoms with Crippen molar-refractivity contribution < 1.29 is 33.0 Å². The maximum Gasteiger partial charge on any atom is 0.490 e. The summed E-state index contributed by atoms with van der Waals surface area (Å²) in [5.74, 6) is -2.69. The van der Waals surface area contributed by atoms with Crippen LogP contribution in [0.4, 0.5) is 13.2 Å². The summed E-state index contributed by atoms with van der Waals surface area (Å²) >= 11 is 0. The molecule has 11 heteroatoms. The average molecular weight is 490 g/mol. The molecular formula is C24H25F3N4O4. The highest BCUT2D eigenvalue weighted by Gasteiger charge is 2.38. The standard InChI is InChI=1S/C22H24N4O2.C2HF3O2/c1-15-2-4-16(5-3-15)13-26-11-10-18(14-26)23-22(28)21-12-20(24-25-21)17-6-8-19(27)9-7-17;3-2(4,5)1(6)7/h2-9,12,18,27H,10-11,13-14H2,1H3,(H,23,28)(H,24,25);(H,6,7). The molecule has 4 N–H and O–H groups in total. The van der Waals surface area contributed by atoms with Crippen molar-refractivity contribution in [3.8, 4) is 17.0 Å². The second kappa shape index (κ2) is 11.0. The van der Waals surface area contributed by atoms with E-state index in [9.17, 15) is 23.1 Å². The van der Waals surface area contributed by atoms with Crippen molar-refractivity contribution >= 4 is 11.9 Å².